The molecule has 1 aromatic carbocycles. The van der Waals surface area contributed by atoms with Gasteiger partial charge in [0.1, 0.15) is 5.75 Å². The highest BCUT2D eigenvalue weighted by Gasteiger charge is 2.35. The smallest absolute Gasteiger partial charge is 0.226 e. The van der Waals surface area contributed by atoms with Gasteiger partial charge in [-0.25, -0.2) is 0 Å². The van der Waals surface area contributed by atoms with E-state index in [9.17, 15) is 9.90 Å². The van der Waals surface area contributed by atoms with Gasteiger partial charge < -0.3 is 16.2 Å². The zero-order valence-electron chi connectivity index (χ0n) is 10.7. The second-order valence-corrected chi connectivity index (χ2v) is 5.34. The van der Waals surface area contributed by atoms with E-state index >= 15 is 0 Å². The van der Waals surface area contributed by atoms with E-state index in [1.807, 2.05) is 6.92 Å². The molecule has 0 saturated heterocycles. The molecule has 1 aliphatic carbocycles. The largest absolute Gasteiger partial charge is 0.508 e. The minimum Gasteiger partial charge on any atom is -0.508 e. The van der Waals surface area contributed by atoms with Gasteiger partial charge in [0, 0.05) is 23.2 Å². The Bertz CT molecular complexity index is 451. The van der Waals surface area contributed by atoms with Crippen molar-refractivity contribution in [1.82, 2.24) is 5.32 Å². The molecule has 1 amide bonds. The van der Waals surface area contributed by atoms with Crippen molar-refractivity contribution < 1.29 is 9.90 Å². The summed E-state index contributed by atoms with van der Waals surface area (Å²) in [7, 11) is 0. The third-order valence-electron chi connectivity index (χ3n) is 3.80. The number of anilines is 1. The Morgan fingerprint density at radius 3 is 2.78 bits per heavy atom. The Kier molecular flexibility index (Phi) is 3.45. The summed E-state index contributed by atoms with van der Waals surface area (Å²) in [5.41, 5.74) is 6.66. The fraction of sp³-hybridized carbons (Fsp3) is 0.500. The van der Waals surface area contributed by atoms with Gasteiger partial charge in [0.2, 0.25) is 5.91 Å². The highest BCUT2D eigenvalue weighted by molar-refractivity contribution is 5.82. The second kappa shape index (κ2) is 4.88. The predicted octanol–water partition coefficient (Wildman–Crippen LogP) is 2.17. The molecule has 18 heavy (non-hydrogen) atoms. The first-order chi connectivity index (χ1) is 8.51. The van der Waals surface area contributed by atoms with Crippen LogP contribution in [0.1, 0.15) is 38.2 Å². The molecule has 1 aromatic rings. The van der Waals surface area contributed by atoms with E-state index < -0.39 is 0 Å². The van der Waals surface area contributed by atoms with Crippen LogP contribution < -0.4 is 11.1 Å². The lowest BCUT2D eigenvalue weighted by atomic mass is 9.88. The van der Waals surface area contributed by atoms with Crippen molar-refractivity contribution in [2.45, 2.75) is 39.2 Å². The quantitative estimate of drug-likeness (QED) is 0.567. The molecule has 2 rings (SSSR count). The first-order valence-corrected chi connectivity index (χ1v) is 6.37. The van der Waals surface area contributed by atoms with Crippen LogP contribution in [-0.4, -0.2) is 11.0 Å². The number of hydrogen-bond donors (Lipinski definition) is 3. The van der Waals surface area contributed by atoms with Crippen LogP contribution in [0, 0.1) is 5.41 Å². The highest BCUT2D eigenvalue weighted by atomic mass is 16.3. The van der Waals surface area contributed by atoms with Gasteiger partial charge in [-0.3, -0.25) is 4.79 Å². The topological polar surface area (TPSA) is 75.4 Å². The molecule has 0 bridgehead atoms. The van der Waals surface area contributed by atoms with Crippen LogP contribution in [0.5, 0.6) is 5.75 Å². The summed E-state index contributed by atoms with van der Waals surface area (Å²) in [6.45, 7) is 2.33. The van der Waals surface area contributed by atoms with Crippen molar-refractivity contribution in [3.8, 4) is 5.75 Å². The van der Waals surface area contributed by atoms with Crippen LogP contribution >= 0.6 is 0 Å². The molecule has 1 fully saturated rings. The van der Waals surface area contributed by atoms with Gasteiger partial charge in [0.15, 0.2) is 0 Å². The molecule has 1 saturated carbocycles. The summed E-state index contributed by atoms with van der Waals surface area (Å²) >= 11 is 0. The van der Waals surface area contributed by atoms with Gasteiger partial charge in [-0.05, 0) is 31.0 Å². The summed E-state index contributed by atoms with van der Waals surface area (Å²) < 4.78 is 0. The first kappa shape index (κ1) is 12.7. The van der Waals surface area contributed by atoms with Gasteiger partial charge in [-0.2, -0.15) is 0 Å². The van der Waals surface area contributed by atoms with Gasteiger partial charge in [0.05, 0.1) is 0 Å². The number of phenolic OH excluding ortho intramolecular Hbond substituents is 1. The third-order valence-corrected chi connectivity index (χ3v) is 3.80. The van der Waals surface area contributed by atoms with Crippen molar-refractivity contribution in [2.75, 3.05) is 5.73 Å². The van der Waals surface area contributed by atoms with Gasteiger partial charge >= 0.3 is 0 Å². The number of nitrogens with one attached hydrogen (secondary N) is 1. The molecule has 4 nitrogen and oxygen atoms in total. The van der Waals surface area contributed by atoms with E-state index in [0.29, 0.717) is 17.8 Å². The van der Waals surface area contributed by atoms with E-state index in [1.54, 1.807) is 18.2 Å². The van der Waals surface area contributed by atoms with Crippen LogP contribution in [0.15, 0.2) is 18.2 Å². The molecular weight excluding hydrogens is 228 g/mol. The molecule has 4 heteroatoms. The maximum Gasteiger partial charge on any atom is 0.226 e. The molecule has 0 atom stereocenters. The minimum atomic E-state index is -0.240. The number of hydrogen-bond acceptors (Lipinski definition) is 3. The maximum atomic E-state index is 12.1. The van der Waals surface area contributed by atoms with Crippen molar-refractivity contribution in [3.63, 3.8) is 0 Å². The SMILES string of the molecule is CC1(C(=O)NCc2cc(N)ccc2O)CCCC1. The summed E-state index contributed by atoms with van der Waals surface area (Å²) in [5, 5.41) is 12.6. The molecule has 0 unspecified atom stereocenters. The number of rotatable bonds is 3. The predicted molar refractivity (Wildman–Crippen MR) is 70.9 cm³/mol. The van der Waals surface area contributed by atoms with Crippen LogP contribution in [0.25, 0.3) is 0 Å². The van der Waals surface area contributed by atoms with Gasteiger partial charge in [-0.15, -0.1) is 0 Å². The highest BCUT2D eigenvalue weighted by Crippen LogP contribution is 2.37. The zero-order valence-corrected chi connectivity index (χ0v) is 10.7. The fourth-order valence-corrected chi connectivity index (χ4v) is 2.52. The van der Waals surface area contributed by atoms with E-state index in [0.717, 1.165) is 25.7 Å². The molecule has 98 valence electrons. The summed E-state index contributed by atoms with van der Waals surface area (Å²) in [4.78, 5) is 12.1. The maximum absolute atomic E-state index is 12.1. The van der Waals surface area contributed by atoms with E-state index in [2.05, 4.69) is 5.32 Å². The molecule has 0 heterocycles. The monoisotopic (exact) mass is 248 g/mol. The normalized spacial score (nSPS) is 17.6. The Hall–Kier alpha value is -1.71. The molecule has 0 spiro atoms. The first-order valence-electron chi connectivity index (χ1n) is 6.37. The Morgan fingerprint density at radius 1 is 1.44 bits per heavy atom. The van der Waals surface area contributed by atoms with Crippen molar-refractivity contribution in [3.05, 3.63) is 23.8 Å². The van der Waals surface area contributed by atoms with E-state index in [-0.39, 0.29) is 17.1 Å². The molecule has 1 aliphatic rings. The molecule has 0 aliphatic heterocycles. The number of aromatic hydroxyl groups is 1. The number of carbonyl (C=O) groups is 1. The lowest BCUT2D eigenvalue weighted by Gasteiger charge is -2.22. The average molecular weight is 248 g/mol. The van der Waals surface area contributed by atoms with E-state index in [1.165, 1.54) is 0 Å². The molecule has 4 N–H and O–H groups in total. The Morgan fingerprint density at radius 2 is 2.11 bits per heavy atom. The lowest BCUT2D eigenvalue weighted by Crippen LogP contribution is -2.36. The van der Waals surface area contributed by atoms with Crippen LogP contribution in [-0.2, 0) is 11.3 Å². The van der Waals surface area contributed by atoms with Crippen LogP contribution in [0.4, 0.5) is 5.69 Å². The number of nitrogen functional groups attached to an aromatic ring is 1. The number of phenols is 1. The molecular formula is C14H20N2O2. The Labute approximate surface area is 107 Å². The second-order valence-electron chi connectivity index (χ2n) is 5.34. The van der Waals surface area contributed by atoms with Crippen molar-refractivity contribution in [2.24, 2.45) is 5.41 Å². The zero-order chi connectivity index (χ0) is 13.2. The third kappa shape index (κ3) is 2.58. The standard InChI is InChI=1S/C14H20N2O2/c1-14(6-2-3-7-14)13(18)16-9-10-8-11(15)4-5-12(10)17/h4-5,8,17H,2-3,6-7,9,15H2,1H3,(H,16,18). The molecule has 0 aromatic heterocycles. The number of carbonyl (C=O) groups excluding carboxylic acids is 1. The van der Waals surface area contributed by atoms with Crippen molar-refractivity contribution in [1.29, 1.82) is 0 Å². The van der Waals surface area contributed by atoms with Crippen LogP contribution in [0.2, 0.25) is 0 Å². The Balaban J connectivity index is 1.99. The van der Waals surface area contributed by atoms with Crippen molar-refractivity contribution >= 4 is 11.6 Å². The molecule has 0 radical (unpaired) electrons. The summed E-state index contributed by atoms with van der Waals surface area (Å²) in [6, 6.07) is 4.87. The lowest BCUT2D eigenvalue weighted by molar-refractivity contribution is -0.130. The van der Waals surface area contributed by atoms with Gasteiger partial charge in [0.25, 0.3) is 0 Å². The van der Waals surface area contributed by atoms with E-state index in [4.69, 9.17) is 5.73 Å². The number of benzene rings is 1. The minimum absolute atomic E-state index is 0.0711. The number of nitrogens with two attached hydrogens (primary N) is 1. The fourth-order valence-electron chi connectivity index (χ4n) is 2.52. The van der Waals surface area contributed by atoms with Gasteiger partial charge in [-0.1, -0.05) is 19.8 Å². The summed E-state index contributed by atoms with van der Waals surface area (Å²) in [6.07, 6.45) is 4.13. The number of amides is 1. The average Bonchev–Trinajstić information content (AvgIpc) is 2.78. The summed E-state index contributed by atoms with van der Waals surface area (Å²) in [5.74, 6) is 0.239. The van der Waals surface area contributed by atoms with Crippen LogP contribution in [0.3, 0.4) is 0 Å².